The van der Waals surface area contributed by atoms with Gasteiger partial charge in [-0.25, -0.2) is 0 Å². The zero-order valence-electron chi connectivity index (χ0n) is 10.1. The Morgan fingerprint density at radius 3 is 2.56 bits per heavy atom. The molecule has 3 rings (SSSR count). The number of nitrogens with two attached hydrogens (primary N) is 1. The van der Waals surface area contributed by atoms with E-state index in [0.29, 0.717) is 37.7 Å². The van der Waals surface area contributed by atoms with Crippen molar-refractivity contribution < 1.29 is 14.7 Å². The number of hydrogen-bond donors (Lipinski definition) is 2. The van der Waals surface area contributed by atoms with Crippen LogP contribution in [0, 0.1) is 0 Å². The normalized spacial score (nSPS) is 19.9. The summed E-state index contributed by atoms with van der Waals surface area (Å²) in [4.78, 5) is 2.16. The van der Waals surface area contributed by atoms with Crippen molar-refractivity contribution in [3.05, 3.63) is 12.1 Å². The van der Waals surface area contributed by atoms with Crippen LogP contribution in [0.5, 0.6) is 11.5 Å². The van der Waals surface area contributed by atoms with Gasteiger partial charge < -0.3 is 25.3 Å². The molecule has 18 heavy (non-hydrogen) atoms. The minimum absolute atomic E-state index is 0.556. The van der Waals surface area contributed by atoms with E-state index in [1.807, 2.05) is 6.07 Å². The van der Waals surface area contributed by atoms with Crippen LogP contribution in [-0.2, 0) is 0 Å². The van der Waals surface area contributed by atoms with Crippen LogP contribution in [0.1, 0.15) is 0 Å². The number of fused-ring (bicyclic) bond motifs is 1. The molecule has 1 saturated heterocycles. The highest BCUT2D eigenvalue weighted by atomic mass is 16.6. The highest BCUT2D eigenvalue weighted by molar-refractivity contribution is 5.71. The fourth-order valence-corrected chi connectivity index (χ4v) is 2.33. The topological polar surface area (TPSA) is 71.2 Å². The van der Waals surface area contributed by atoms with Gasteiger partial charge in [-0.05, 0) is 6.07 Å². The molecule has 0 aliphatic carbocycles. The molecule has 1 aromatic rings. The number of benzene rings is 1. The third-order valence-corrected chi connectivity index (χ3v) is 3.24. The molecule has 1 fully saturated rings. The lowest BCUT2D eigenvalue weighted by atomic mass is 10.2. The first-order chi connectivity index (χ1) is 8.74. The van der Waals surface area contributed by atoms with E-state index in [1.165, 1.54) is 5.06 Å². The number of hydroxylamine groups is 2. The largest absolute Gasteiger partial charge is 0.486 e. The summed E-state index contributed by atoms with van der Waals surface area (Å²) in [5.41, 5.74) is 7.52. The third-order valence-electron chi connectivity index (χ3n) is 3.24. The Kier molecular flexibility index (Phi) is 2.89. The molecule has 0 bridgehead atoms. The van der Waals surface area contributed by atoms with Crippen LogP contribution in [0.3, 0.4) is 0 Å². The monoisotopic (exact) mass is 251 g/mol. The molecule has 0 atom stereocenters. The molecule has 0 radical (unpaired) electrons. The predicted molar refractivity (Wildman–Crippen MR) is 67.4 cm³/mol. The van der Waals surface area contributed by atoms with Gasteiger partial charge >= 0.3 is 0 Å². The molecule has 0 unspecified atom stereocenters. The summed E-state index contributed by atoms with van der Waals surface area (Å²) in [5.74, 6) is 1.48. The molecule has 6 nitrogen and oxygen atoms in total. The first-order valence-corrected chi connectivity index (χ1v) is 6.12. The summed E-state index contributed by atoms with van der Waals surface area (Å²) in [6.07, 6.45) is 0. The standard InChI is InChI=1S/C12H17N3O3/c13-9-7-10(14-1-3-15(16)4-2-14)12-11(8-9)17-5-6-18-12/h7-8,16H,1-6,13H2. The van der Waals surface area contributed by atoms with Crippen LogP contribution in [-0.4, -0.2) is 49.7 Å². The maximum atomic E-state index is 9.39. The first kappa shape index (κ1) is 11.4. The van der Waals surface area contributed by atoms with E-state index in [2.05, 4.69) is 4.90 Å². The van der Waals surface area contributed by atoms with Crippen LogP contribution in [0.2, 0.25) is 0 Å². The highest BCUT2D eigenvalue weighted by Crippen LogP contribution is 2.41. The summed E-state index contributed by atoms with van der Waals surface area (Å²) in [6, 6.07) is 3.70. The Hall–Kier alpha value is -1.66. The Balaban J connectivity index is 1.93. The van der Waals surface area contributed by atoms with Gasteiger partial charge in [0.1, 0.15) is 13.2 Å². The van der Waals surface area contributed by atoms with Crippen LogP contribution in [0.15, 0.2) is 12.1 Å². The van der Waals surface area contributed by atoms with Gasteiger partial charge in [-0.3, -0.25) is 0 Å². The van der Waals surface area contributed by atoms with Gasteiger partial charge in [-0.15, -0.1) is 0 Å². The third kappa shape index (κ3) is 2.04. The second-order valence-electron chi connectivity index (χ2n) is 4.50. The molecule has 0 saturated carbocycles. The van der Waals surface area contributed by atoms with Crippen molar-refractivity contribution in [2.75, 3.05) is 50.0 Å². The molecular formula is C12H17N3O3. The van der Waals surface area contributed by atoms with Crippen LogP contribution in [0.4, 0.5) is 11.4 Å². The number of nitrogen functional groups attached to an aromatic ring is 1. The smallest absolute Gasteiger partial charge is 0.184 e. The van der Waals surface area contributed by atoms with Gasteiger partial charge in [-0.1, -0.05) is 0 Å². The van der Waals surface area contributed by atoms with Gasteiger partial charge in [0, 0.05) is 37.9 Å². The zero-order chi connectivity index (χ0) is 12.5. The molecule has 6 heteroatoms. The van der Waals surface area contributed by atoms with Gasteiger partial charge in [0.15, 0.2) is 11.5 Å². The molecular weight excluding hydrogens is 234 g/mol. The van der Waals surface area contributed by atoms with Crippen molar-refractivity contribution in [3.63, 3.8) is 0 Å². The van der Waals surface area contributed by atoms with Crippen molar-refractivity contribution in [2.24, 2.45) is 0 Å². The van der Waals surface area contributed by atoms with Gasteiger partial charge in [0.25, 0.3) is 0 Å². The number of hydrogen-bond acceptors (Lipinski definition) is 6. The SMILES string of the molecule is Nc1cc2c(c(N3CCN(O)CC3)c1)OCCO2. The van der Waals surface area contributed by atoms with Crippen molar-refractivity contribution >= 4 is 11.4 Å². The average molecular weight is 251 g/mol. The maximum Gasteiger partial charge on any atom is 0.184 e. The summed E-state index contributed by atoms with van der Waals surface area (Å²) in [5, 5.41) is 10.7. The van der Waals surface area contributed by atoms with Crippen molar-refractivity contribution in [3.8, 4) is 11.5 Å². The molecule has 0 spiro atoms. The highest BCUT2D eigenvalue weighted by Gasteiger charge is 2.23. The maximum absolute atomic E-state index is 9.39. The lowest BCUT2D eigenvalue weighted by molar-refractivity contribution is -0.0936. The van der Waals surface area contributed by atoms with Gasteiger partial charge in [0.2, 0.25) is 0 Å². The molecule has 2 aliphatic heterocycles. The Bertz CT molecular complexity index is 444. The molecule has 2 heterocycles. The Morgan fingerprint density at radius 2 is 1.78 bits per heavy atom. The van der Waals surface area contributed by atoms with Crippen LogP contribution >= 0.6 is 0 Å². The van der Waals surface area contributed by atoms with E-state index in [1.54, 1.807) is 6.07 Å². The molecule has 98 valence electrons. The molecule has 1 aromatic carbocycles. The summed E-state index contributed by atoms with van der Waals surface area (Å²) >= 11 is 0. The second kappa shape index (κ2) is 4.55. The molecule has 0 amide bonds. The van der Waals surface area contributed by atoms with Crippen LogP contribution < -0.4 is 20.1 Å². The fourth-order valence-electron chi connectivity index (χ4n) is 2.33. The van der Waals surface area contributed by atoms with Crippen LogP contribution in [0.25, 0.3) is 0 Å². The van der Waals surface area contributed by atoms with E-state index in [9.17, 15) is 5.21 Å². The van der Waals surface area contributed by atoms with Gasteiger partial charge in [-0.2, -0.15) is 5.06 Å². The number of ether oxygens (including phenoxy) is 2. The van der Waals surface area contributed by atoms with Crippen molar-refractivity contribution in [2.45, 2.75) is 0 Å². The van der Waals surface area contributed by atoms with Gasteiger partial charge in [0.05, 0.1) is 5.69 Å². The van der Waals surface area contributed by atoms with Crippen molar-refractivity contribution in [1.29, 1.82) is 0 Å². The number of rotatable bonds is 1. The lowest BCUT2D eigenvalue weighted by Crippen LogP contribution is -2.45. The Labute approximate surface area is 105 Å². The van der Waals surface area contributed by atoms with E-state index in [0.717, 1.165) is 24.5 Å². The second-order valence-corrected chi connectivity index (χ2v) is 4.50. The molecule has 2 aliphatic rings. The predicted octanol–water partition coefficient (Wildman–Crippen LogP) is 0.551. The minimum atomic E-state index is 0.556. The Morgan fingerprint density at radius 1 is 1.06 bits per heavy atom. The summed E-state index contributed by atoms with van der Waals surface area (Å²) < 4.78 is 11.3. The number of anilines is 2. The number of nitrogens with zero attached hydrogens (tertiary/aromatic N) is 2. The van der Waals surface area contributed by atoms with E-state index in [-0.39, 0.29) is 0 Å². The zero-order valence-corrected chi connectivity index (χ0v) is 10.1. The fraction of sp³-hybridized carbons (Fsp3) is 0.500. The molecule has 0 aromatic heterocycles. The summed E-state index contributed by atoms with van der Waals surface area (Å²) in [6.45, 7) is 3.84. The van der Waals surface area contributed by atoms with Crippen molar-refractivity contribution in [1.82, 2.24) is 5.06 Å². The number of piperazine rings is 1. The van der Waals surface area contributed by atoms with E-state index >= 15 is 0 Å². The molecule has 3 N–H and O–H groups in total. The minimum Gasteiger partial charge on any atom is -0.486 e. The average Bonchev–Trinajstić information content (AvgIpc) is 2.38. The first-order valence-electron chi connectivity index (χ1n) is 6.12. The van der Waals surface area contributed by atoms with E-state index in [4.69, 9.17) is 15.2 Å². The summed E-state index contributed by atoms with van der Waals surface area (Å²) in [7, 11) is 0. The van der Waals surface area contributed by atoms with E-state index < -0.39 is 0 Å². The quantitative estimate of drug-likeness (QED) is 0.710. The lowest BCUT2D eigenvalue weighted by Gasteiger charge is -2.35.